The zero-order chi connectivity index (χ0) is 46.8. The number of urea groups is 1. The van der Waals surface area contributed by atoms with Crippen LogP contribution in [0, 0.1) is 0 Å². The van der Waals surface area contributed by atoms with Gasteiger partial charge in [-0.05, 0) is 93.2 Å². The first-order valence-corrected chi connectivity index (χ1v) is 22.9. The maximum atomic E-state index is 14.4. The summed E-state index contributed by atoms with van der Waals surface area (Å²) in [5.41, 5.74) is 2.39. The van der Waals surface area contributed by atoms with Crippen LogP contribution in [-0.2, 0) is 35.8 Å². The van der Waals surface area contributed by atoms with Gasteiger partial charge in [-0.25, -0.2) is 4.79 Å². The Kier molecular flexibility index (Phi) is 14.0. The lowest BCUT2D eigenvalue weighted by atomic mass is 10.0. The van der Waals surface area contributed by atoms with Crippen LogP contribution < -0.4 is 31.3 Å². The minimum absolute atomic E-state index is 0.0795. The van der Waals surface area contributed by atoms with Crippen molar-refractivity contribution in [3.8, 4) is 5.75 Å². The highest BCUT2D eigenvalue weighted by Gasteiger charge is 2.50. The van der Waals surface area contributed by atoms with Crippen molar-refractivity contribution in [2.45, 2.75) is 74.8 Å². The molecule has 7 rings (SSSR count). The van der Waals surface area contributed by atoms with Crippen molar-refractivity contribution in [2.24, 2.45) is 5.73 Å². The molecular formula is C43H48ClF2N8O10P. The van der Waals surface area contributed by atoms with Crippen LogP contribution in [0.3, 0.4) is 0 Å². The fourth-order valence-electron chi connectivity index (χ4n) is 8.41. The molecule has 1 aromatic heterocycles. The summed E-state index contributed by atoms with van der Waals surface area (Å²) in [5.74, 6) is -2.39. The number of aromatic amines is 1. The lowest BCUT2D eigenvalue weighted by Crippen LogP contribution is -2.60. The smallest absolute Gasteiger partial charge is 0.399 e. The molecule has 4 atom stereocenters. The molecule has 22 heteroatoms. The molecule has 4 heterocycles. The predicted octanol–water partition coefficient (Wildman–Crippen LogP) is 3.71. The van der Waals surface area contributed by atoms with E-state index < -0.39 is 66.6 Å². The molecule has 0 bridgehead atoms. The van der Waals surface area contributed by atoms with Gasteiger partial charge in [-0.3, -0.25) is 38.8 Å². The summed E-state index contributed by atoms with van der Waals surface area (Å²) < 4.78 is 46.5. The number of halogens is 3. The number of nitrogens with zero attached hydrogens (tertiary/aromatic N) is 3. The molecule has 3 fully saturated rings. The fourth-order valence-corrected chi connectivity index (χ4v) is 9.13. The van der Waals surface area contributed by atoms with Gasteiger partial charge < -0.3 is 45.7 Å². The molecule has 65 heavy (non-hydrogen) atoms. The number of rotatable bonds is 15. The van der Waals surface area contributed by atoms with Gasteiger partial charge in [-0.1, -0.05) is 41.9 Å². The number of anilines is 1. The van der Waals surface area contributed by atoms with Crippen LogP contribution in [0.15, 0.2) is 66.7 Å². The second kappa shape index (κ2) is 19.3. The van der Waals surface area contributed by atoms with E-state index in [0.717, 1.165) is 17.7 Å². The molecule has 0 spiro atoms. The summed E-state index contributed by atoms with van der Waals surface area (Å²) in [6.07, 6.45) is 1.95. The zero-order valence-corrected chi connectivity index (χ0v) is 36.7. The van der Waals surface area contributed by atoms with Crippen molar-refractivity contribution >= 4 is 71.4 Å². The van der Waals surface area contributed by atoms with Crippen LogP contribution in [0.25, 0.3) is 10.9 Å². The first kappa shape index (κ1) is 47.1. The first-order valence-electron chi connectivity index (χ1n) is 20.9. The van der Waals surface area contributed by atoms with Crippen LogP contribution in [0.4, 0.5) is 19.3 Å². The number of imide groups is 1. The van der Waals surface area contributed by atoms with Gasteiger partial charge in [-0.2, -0.15) is 8.78 Å². The number of hydrogen-bond donors (Lipinski definition) is 7. The van der Waals surface area contributed by atoms with Gasteiger partial charge in [0.05, 0.1) is 11.1 Å². The molecule has 8 N–H and O–H groups in total. The Hall–Kier alpha value is -5.92. The SMILES string of the molecule is CN1CC[C@H]2CC[C@@H](C(=O)N[C@@H](CCC(N)=O)COc3cccc(Cc4cccc(N5CCC(=O)NC5=O)c4)c3Cl)N2C(=O)[C@@H](NC(=O)c2cc3cc(C(F)(F)P(=O)(O)O)ccc3[nH]2)C1. The summed E-state index contributed by atoms with van der Waals surface area (Å²) in [6, 6.07) is 13.0. The molecule has 0 unspecified atom stereocenters. The number of ether oxygens (including phenoxy) is 1. The maximum Gasteiger partial charge on any atom is 0.399 e. The number of nitrogens with two attached hydrogens (primary N) is 1. The molecule has 7 amide bonds. The number of carbonyl (C=O) groups is 6. The van der Waals surface area contributed by atoms with Crippen LogP contribution in [-0.4, -0.2) is 118 Å². The lowest BCUT2D eigenvalue weighted by molar-refractivity contribution is -0.143. The minimum atomic E-state index is -5.84. The molecular weight excluding hydrogens is 893 g/mol. The highest BCUT2D eigenvalue weighted by Crippen LogP contribution is 2.59. The Labute approximate surface area is 376 Å². The quantitative estimate of drug-likeness (QED) is 0.0846. The van der Waals surface area contributed by atoms with Crippen molar-refractivity contribution in [1.82, 2.24) is 30.7 Å². The average Bonchev–Trinajstić information content (AvgIpc) is 3.88. The fraction of sp³-hybridized carbons (Fsp3) is 0.395. The van der Waals surface area contributed by atoms with E-state index in [4.69, 9.17) is 22.1 Å². The molecule has 0 radical (unpaired) electrons. The summed E-state index contributed by atoms with van der Waals surface area (Å²) in [7, 11) is -4.05. The molecule has 4 aromatic rings. The van der Waals surface area contributed by atoms with Gasteiger partial charge in [0.2, 0.25) is 23.6 Å². The van der Waals surface area contributed by atoms with Crippen molar-refractivity contribution in [1.29, 1.82) is 0 Å². The van der Waals surface area contributed by atoms with Crippen LogP contribution in [0.1, 0.15) is 65.7 Å². The minimum Gasteiger partial charge on any atom is -0.490 e. The second-order valence-corrected chi connectivity index (χ2v) is 18.5. The summed E-state index contributed by atoms with van der Waals surface area (Å²) in [5, 5.41) is 8.38. The predicted molar refractivity (Wildman–Crippen MR) is 233 cm³/mol. The third kappa shape index (κ3) is 10.6. The Morgan fingerprint density at radius 2 is 1.80 bits per heavy atom. The molecule has 0 saturated carbocycles. The van der Waals surface area contributed by atoms with E-state index in [-0.39, 0.29) is 67.5 Å². The highest BCUT2D eigenvalue weighted by molar-refractivity contribution is 7.52. The Morgan fingerprint density at radius 1 is 1.03 bits per heavy atom. The molecule has 3 saturated heterocycles. The van der Waals surface area contributed by atoms with E-state index in [1.54, 1.807) is 31.3 Å². The number of H-pyrrole nitrogens is 1. The van der Waals surface area contributed by atoms with E-state index >= 15 is 0 Å². The van der Waals surface area contributed by atoms with Gasteiger partial charge in [0.25, 0.3) is 5.91 Å². The van der Waals surface area contributed by atoms with Gasteiger partial charge in [-0.15, -0.1) is 0 Å². The summed E-state index contributed by atoms with van der Waals surface area (Å²) in [4.78, 5) is 104. The zero-order valence-electron chi connectivity index (χ0n) is 35.1. The van der Waals surface area contributed by atoms with Gasteiger partial charge >= 0.3 is 19.3 Å². The number of benzene rings is 3. The number of primary amides is 1. The van der Waals surface area contributed by atoms with Gasteiger partial charge in [0.15, 0.2) is 0 Å². The third-order valence-corrected chi connectivity index (χ3v) is 13.2. The van der Waals surface area contributed by atoms with E-state index in [1.165, 1.54) is 21.9 Å². The molecule has 3 aromatic carbocycles. The largest absolute Gasteiger partial charge is 0.490 e. The number of amides is 7. The standard InChI is InChI=1S/C43H48ClF2N8O10P/c1-52-16-14-29-10-12-34(54(29)41(59)33(22-52)50-39(57)32-21-26-20-27(8-11-31(26)49-32)43(45,46)65(61,62)63)40(58)48-28(9-13-36(47)55)23-64-35-7-3-5-25(38(35)44)18-24-4-2-6-30(19-24)53-17-15-37(56)51-42(53)60/h2-8,11,19-21,28-29,33-34,49H,9-10,12-18,22-23H2,1H3,(H2,47,55)(H,48,58)(H,50,57)(H,51,56,60)(H2,61,62,63)/t28-,29+,33-,34-/m0/s1. The summed E-state index contributed by atoms with van der Waals surface area (Å²) >= 11 is 6.85. The van der Waals surface area contributed by atoms with Gasteiger partial charge in [0.1, 0.15) is 30.1 Å². The van der Waals surface area contributed by atoms with Crippen molar-refractivity contribution < 1.29 is 56.6 Å². The topological polar surface area (TPSA) is 257 Å². The van der Waals surface area contributed by atoms with Crippen molar-refractivity contribution in [3.63, 3.8) is 0 Å². The molecule has 3 aliphatic heterocycles. The normalized spacial score (nSPS) is 20.2. The number of nitrogens with one attached hydrogen (secondary N) is 4. The van der Waals surface area contributed by atoms with E-state index in [0.29, 0.717) is 54.3 Å². The highest BCUT2D eigenvalue weighted by atomic mass is 35.5. The Morgan fingerprint density at radius 3 is 2.54 bits per heavy atom. The van der Waals surface area contributed by atoms with Crippen LogP contribution in [0.2, 0.25) is 5.02 Å². The average molecular weight is 941 g/mol. The Balaban J connectivity index is 1.03. The number of likely N-dealkylation sites (N-methyl/N-ethyl adjacent to an activating group) is 1. The maximum absolute atomic E-state index is 14.4. The Bertz CT molecular complexity index is 2570. The van der Waals surface area contributed by atoms with Gasteiger partial charge in [0, 0.05) is 54.1 Å². The molecule has 346 valence electrons. The number of hydrogen-bond acceptors (Lipinski definition) is 9. The van der Waals surface area contributed by atoms with Crippen LogP contribution in [0.5, 0.6) is 5.75 Å². The third-order valence-electron chi connectivity index (χ3n) is 11.8. The van der Waals surface area contributed by atoms with Crippen molar-refractivity contribution in [3.05, 3.63) is 94.1 Å². The van der Waals surface area contributed by atoms with Crippen molar-refractivity contribution in [2.75, 3.05) is 38.2 Å². The lowest BCUT2D eigenvalue weighted by Gasteiger charge is -2.38. The second-order valence-electron chi connectivity index (χ2n) is 16.5. The van der Waals surface area contributed by atoms with E-state index in [9.17, 15) is 51.9 Å². The number of alkyl halides is 2. The number of fused-ring (bicyclic) bond motifs is 2. The summed E-state index contributed by atoms with van der Waals surface area (Å²) in [6.45, 7) is 0.754. The van der Waals surface area contributed by atoms with Crippen LogP contribution >= 0.6 is 19.2 Å². The van der Waals surface area contributed by atoms with E-state index in [1.807, 2.05) is 23.1 Å². The molecule has 18 nitrogen and oxygen atoms in total. The monoisotopic (exact) mass is 940 g/mol. The number of aromatic nitrogens is 1. The number of carbonyl (C=O) groups excluding carboxylic acids is 6. The molecule has 3 aliphatic rings. The van der Waals surface area contributed by atoms with E-state index in [2.05, 4.69) is 20.9 Å². The molecule has 0 aliphatic carbocycles. The first-order chi connectivity index (χ1) is 30.8.